The van der Waals surface area contributed by atoms with E-state index in [9.17, 15) is 12.8 Å². The van der Waals surface area contributed by atoms with Gasteiger partial charge in [0.1, 0.15) is 13.0 Å². The van der Waals surface area contributed by atoms with Crippen LogP contribution in [0.25, 0.3) is 21.9 Å². The van der Waals surface area contributed by atoms with Gasteiger partial charge in [-0.25, -0.2) is 17.8 Å². The van der Waals surface area contributed by atoms with Gasteiger partial charge in [0.05, 0.1) is 4.90 Å². The number of hydrogen-bond acceptors (Lipinski definition) is 5. The number of nitrogens with zero attached hydrogens (tertiary/aromatic N) is 2. The molecule has 0 aliphatic heterocycles. The number of sulfonamides is 1. The van der Waals surface area contributed by atoms with E-state index >= 15 is 0 Å². The molecule has 8 heteroatoms. The zero-order valence-electron chi connectivity index (χ0n) is 14.9. The molecule has 0 aliphatic rings. The largest absolute Gasteiger partial charge is 0.263 e. The molecule has 28 heavy (non-hydrogen) atoms. The van der Waals surface area contributed by atoms with E-state index in [1.165, 1.54) is 6.33 Å². The van der Waals surface area contributed by atoms with E-state index in [1.54, 1.807) is 24.3 Å². The summed E-state index contributed by atoms with van der Waals surface area (Å²) >= 11 is 0.974. The molecular weight excluding hydrogens is 397 g/mol. The molecule has 1 aromatic heterocycles. The van der Waals surface area contributed by atoms with Crippen molar-refractivity contribution in [1.82, 2.24) is 9.36 Å². The lowest BCUT2D eigenvalue weighted by atomic mass is 9.94. The molecule has 0 unspecified atom stereocenters. The quantitative estimate of drug-likeness (QED) is 0.503. The van der Waals surface area contributed by atoms with Crippen molar-refractivity contribution in [1.29, 1.82) is 0 Å². The number of anilines is 1. The maximum atomic E-state index is 12.9. The van der Waals surface area contributed by atoms with E-state index in [1.807, 2.05) is 37.3 Å². The third-order valence-electron chi connectivity index (χ3n) is 4.48. The Morgan fingerprint density at radius 2 is 1.93 bits per heavy atom. The van der Waals surface area contributed by atoms with Gasteiger partial charge in [-0.2, -0.15) is 4.37 Å². The van der Waals surface area contributed by atoms with Gasteiger partial charge in [-0.05, 0) is 52.1 Å². The molecule has 0 saturated carbocycles. The molecule has 0 saturated heterocycles. The fraction of sp³-hybridized carbons (Fsp3) is 0.100. The minimum Gasteiger partial charge on any atom is -0.253 e. The van der Waals surface area contributed by atoms with Crippen LogP contribution < -0.4 is 4.72 Å². The number of aryl methyl sites for hydroxylation is 1. The molecule has 5 nitrogen and oxygen atoms in total. The number of aromatic nitrogens is 2. The molecule has 0 spiro atoms. The van der Waals surface area contributed by atoms with Crippen molar-refractivity contribution in [2.24, 2.45) is 0 Å². The number of nitrogens with one attached hydrogen (secondary N) is 1. The van der Waals surface area contributed by atoms with Crippen molar-refractivity contribution in [3.05, 3.63) is 72.1 Å². The van der Waals surface area contributed by atoms with E-state index in [4.69, 9.17) is 0 Å². The summed E-state index contributed by atoms with van der Waals surface area (Å²) in [7, 11) is -3.75. The molecular formula is C20H16FN3O2S2. The molecule has 142 valence electrons. The number of alkyl halides is 1. The molecule has 1 N–H and O–H groups in total. The Bertz CT molecular complexity index is 1260. The Balaban J connectivity index is 1.78. The monoisotopic (exact) mass is 413 g/mol. The smallest absolute Gasteiger partial charge is 0.253 e. The fourth-order valence-corrected chi connectivity index (χ4v) is 4.86. The van der Waals surface area contributed by atoms with Crippen LogP contribution in [0.5, 0.6) is 0 Å². The second kappa shape index (κ2) is 7.29. The maximum absolute atomic E-state index is 12.9. The highest BCUT2D eigenvalue weighted by molar-refractivity contribution is 7.93. The zero-order chi connectivity index (χ0) is 19.7. The SMILES string of the molecule is Cc1cc(CF)ccc1-c1cccc2cc(S(=O)(=O)Nc3ncns3)ccc12. The number of rotatable bonds is 5. The molecule has 0 fully saturated rings. The Morgan fingerprint density at radius 3 is 2.64 bits per heavy atom. The first kappa shape index (κ1) is 18.5. The molecule has 4 aromatic rings. The standard InChI is InChI=1S/C20H16FN3O2S2/c1-13-9-14(11-21)5-7-17(13)19-4-2-3-15-10-16(6-8-18(15)19)28(25,26)24-20-22-12-23-27-20/h2-10,12H,11H2,1H3,(H,22,23,24). The molecule has 0 bridgehead atoms. The lowest BCUT2D eigenvalue weighted by Gasteiger charge is -2.12. The van der Waals surface area contributed by atoms with Gasteiger partial charge in [0.15, 0.2) is 0 Å². The summed E-state index contributed by atoms with van der Waals surface area (Å²) in [6.07, 6.45) is 1.30. The predicted molar refractivity (Wildman–Crippen MR) is 110 cm³/mol. The normalized spacial score (nSPS) is 11.6. The summed E-state index contributed by atoms with van der Waals surface area (Å²) in [5.74, 6) is 0. The number of halogens is 1. The van der Waals surface area contributed by atoms with Crippen LogP contribution in [0.15, 0.2) is 65.8 Å². The summed E-state index contributed by atoms with van der Waals surface area (Å²) in [6.45, 7) is 1.44. The van der Waals surface area contributed by atoms with Gasteiger partial charge in [-0.3, -0.25) is 4.72 Å². The highest BCUT2D eigenvalue weighted by atomic mass is 32.2. The lowest BCUT2D eigenvalue weighted by molar-refractivity contribution is 0.485. The first-order chi connectivity index (χ1) is 13.5. The lowest BCUT2D eigenvalue weighted by Crippen LogP contribution is -2.12. The zero-order valence-corrected chi connectivity index (χ0v) is 16.5. The Labute approximate surface area is 166 Å². The molecule has 0 atom stereocenters. The van der Waals surface area contributed by atoms with Crippen molar-refractivity contribution in [2.75, 3.05) is 4.72 Å². The second-order valence-electron chi connectivity index (χ2n) is 6.32. The van der Waals surface area contributed by atoms with Gasteiger partial charge in [0, 0.05) is 11.5 Å². The summed E-state index contributed by atoms with van der Waals surface area (Å²) in [5.41, 5.74) is 3.57. The van der Waals surface area contributed by atoms with E-state index in [-0.39, 0.29) is 10.0 Å². The molecule has 0 radical (unpaired) electrons. The maximum Gasteiger partial charge on any atom is 0.263 e. The average Bonchev–Trinajstić information content (AvgIpc) is 3.19. The summed E-state index contributed by atoms with van der Waals surface area (Å²) in [4.78, 5) is 4.01. The Hall–Kier alpha value is -2.84. The van der Waals surface area contributed by atoms with Crippen LogP contribution in [0.4, 0.5) is 9.52 Å². The molecule has 0 aliphatic carbocycles. The minimum absolute atomic E-state index is 0.150. The molecule has 3 aromatic carbocycles. The average molecular weight is 413 g/mol. The van der Waals surface area contributed by atoms with Gasteiger partial charge in [-0.1, -0.05) is 42.5 Å². The van der Waals surface area contributed by atoms with E-state index in [2.05, 4.69) is 14.1 Å². The van der Waals surface area contributed by atoms with Crippen molar-refractivity contribution >= 4 is 37.5 Å². The van der Waals surface area contributed by atoms with Crippen molar-refractivity contribution in [3.8, 4) is 11.1 Å². The van der Waals surface area contributed by atoms with Gasteiger partial charge >= 0.3 is 0 Å². The predicted octanol–water partition coefficient (Wildman–Crippen LogP) is 4.94. The number of fused-ring (bicyclic) bond motifs is 1. The Morgan fingerprint density at radius 1 is 1.07 bits per heavy atom. The third kappa shape index (κ3) is 3.48. The van der Waals surface area contributed by atoms with Crippen LogP contribution in [0.3, 0.4) is 0 Å². The van der Waals surface area contributed by atoms with Crippen LogP contribution in [-0.2, 0) is 16.7 Å². The second-order valence-corrected chi connectivity index (χ2v) is 8.79. The highest BCUT2D eigenvalue weighted by Crippen LogP contribution is 2.33. The summed E-state index contributed by atoms with van der Waals surface area (Å²) in [6, 6.07) is 16.2. The number of benzene rings is 3. The van der Waals surface area contributed by atoms with Crippen molar-refractivity contribution in [2.45, 2.75) is 18.5 Å². The van der Waals surface area contributed by atoms with Crippen LogP contribution in [0, 0.1) is 6.92 Å². The Kier molecular flexibility index (Phi) is 4.82. The first-order valence-electron chi connectivity index (χ1n) is 8.46. The summed E-state index contributed by atoms with van der Waals surface area (Å²) in [5, 5.41) is 1.94. The first-order valence-corrected chi connectivity index (χ1v) is 10.7. The minimum atomic E-state index is -3.75. The molecule has 1 heterocycles. The van der Waals surface area contributed by atoms with Gasteiger partial charge < -0.3 is 0 Å². The molecule has 0 amide bonds. The van der Waals surface area contributed by atoms with Gasteiger partial charge in [0.25, 0.3) is 10.0 Å². The van der Waals surface area contributed by atoms with E-state index in [0.29, 0.717) is 5.56 Å². The van der Waals surface area contributed by atoms with E-state index < -0.39 is 16.7 Å². The topological polar surface area (TPSA) is 72.0 Å². The fourth-order valence-electron chi connectivity index (χ4n) is 3.17. The van der Waals surface area contributed by atoms with Gasteiger partial charge in [0.2, 0.25) is 5.13 Å². The highest BCUT2D eigenvalue weighted by Gasteiger charge is 2.17. The van der Waals surface area contributed by atoms with Crippen molar-refractivity contribution in [3.63, 3.8) is 0 Å². The molecule has 4 rings (SSSR count). The number of hydrogen-bond donors (Lipinski definition) is 1. The van der Waals surface area contributed by atoms with Crippen LogP contribution >= 0.6 is 11.5 Å². The van der Waals surface area contributed by atoms with E-state index in [0.717, 1.165) is 39.0 Å². The van der Waals surface area contributed by atoms with Crippen molar-refractivity contribution < 1.29 is 12.8 Å². The summed E-state index contributed by atoms with van der Waals surface area (Å²) < 4.78 is 44.4. The van der Waals surface area contributed by atoms with Gasteiger partial charge in [-0.15, -0.1) is 0 Å². The third-order valence-corrected chi connectivity index (χ3v) is 6.53. The van der Waals surface area contributed by atoms with Crippen LogP contribution in [0.1, 0.15) is 11.1 Å². The van der Waals surface area contributed by atoms with Crippen LogP contribution in [0.2, 0.25) is 0 Å². The van der Waals surface area contributed by atoms with Crippen LogP contribution in [-0.4, -0.2) is 17.8 Å².